The summed E-state index contributed by atoms with van der Waals surface area (Å²) in [6, 6.07) is 0. The second kappa shape index (κ2) is 11.1. The molecule has 1 amide bonds. The molecule has 0 aromatic carbocycles. The summed E-state index contributed by atoms with van der Waals surface area (Å²) in [5.74, 6) is 1.84. The fourth-order valence-corrected chi connectivity index (χ4v) is 5.68. The first-order chi connectivity index (χ1) is 15.6. The summed E-state index contributed by atoms with van der Waals surface area (Å²) >= 11 is 0. The molecule has 0 atom stereocenters. The van der Waals surface area contributed by atoms with Crippen molar-refractivity contribution < 1.29 is 9.63 Å². The molecule has 0 radical (unpaired) electrons. The SMILES string of the molecule is CO/N=C(\C1CCCCC1)C1CCN(C(=O)C2CCN(Cc3cnc(N)nc3)CC2)CC1. The molecule has 3 fully saturated rings. The monoisotopic (exact) mass is 442 g/mol. The molecule has 0 unspecified atom stereocenters. The Morgan fingerprint density at radius 1 is 0.969 bits per heavy atom. The lowest BCUT2D eigenvalue weighted by Crippen LogP contribution is -2.46. The highest BCUT2D eigenvalue weighted by Crippen LogP contribution is 2.32. The molecule has 3 heterocycles. The Labute approximate surface area is 191 Å². The number of piperidine rings is 2. The van der Waals surface area contributed by atoms with Gasteiger partial charge in [0, 0.05) is 55.3 Å². The van der Waals surface area contributed by atoms with Crippen LogP contribution in [-0.2, 0) is 16.2 Å². The molecule has 2 saturated heterocycles. The van der Waals surface area contributed by atoms with Crippen molar-refractivity contribution in [3.63, 3.8) is 0 Å². The topological polar surface area (TPSA) is 96.9 Å². The van der Waals surface area contributed by atoms with E-state index < -0.39 is 0 Å². The molecule has 32 heavy (non-hydrogen) atoms. The van der Waals surface area contributed by atoms with Gasteiger partial charge in [-0.1, -0.05) is 24.4 Å². The zero-order valence-electron chi connectivity index (χ0n) is 19.4. The van der Waals surface area contributed by atoms with Gasteiger partial charge < -0.3 is 15.5 Å². The van der Waals surface area contributed by atoms with Crippen LogP contribution in [0.1, 0.15) is 63.4 Å². The van der Waals surface area contributed by atoms with E-state index in [1.54, 1.807) is 19.5 Å². The number of nitrogens with two attached hydrogens (primary N) is 1. The van der Waals surface area contributed by atoms with Gasteiger partial charge in [0.05, 0.1) is 5.71 Å². The third-order valence-electron chi connectivity index (χ3n) is 7.51. The van der Waals surface area contributed by atoms with Crippen LogP contribution in [0.15, 0.2) is 17.5 Å². The van der Waals surface area contributed by atoms with E-state index in [1.165, 1.54) is 37.8 Å². The Balaban J connectivity index is 1.24. The standard InChI is InChI=1S/C24H38N6O2/c1-32-28-22(19-5-3-2-4-6-19)20-9-13-30(14-10-20)23(31)21-7-11-29(12-8-21)17-18-15-26-24(25)27-16-18/h15-16,19-21H,2-14,17H2,1H3,(H2,25,26,27)/b28-22+. The molecule has 1 aromatic heterocycles. The van der Waals surface area contributed by atoms with Crippen LogP contribution in [0.25, 0.3) is 0 Å². The minimum atomic E-state index is 0.149. The number of rotatable bonds is 6. The molecule has 3 aliphatic rings. The van der Waals surface area contributed by atoms with Crippen molar-refractivity contribution in [2.45, 2.75) is 64.3 Å². The number of nitrogens with zero attached hydrogens (tertiary/aromatic N) is 5. The van der Waals surface area contributed by atoms with Crippen LogP contribution in [0, 0.1) is 17.8 Å². The van der Waals surface area contributed by atoms with Crippen molar-refractivity contribution in [2.75, 3.05) is 39.0 Å². The number of carbonyl (C=O) groups excluding carboxylic acids is 1. The third kappa shape index (κ3) is 5.77. The van der Waals surface area contributed by atoms with Crippen LogP contribution in [0.5, 0.6) is 0 Å². The maximum atomic E-state index is 13.2. The fraction of sp³-hybridized carbons (Fsp3) is 0.750. The van der Waals surface area contributed by atoms with Crippen LogP contribution >= 0.6 is 0 Å². The first kappa shape index (κ1) is 23.0. The first-order valence-electron chi connectivity index (χ1n) is 12.3. The van der Waals surface area contributed by atoms with Crippen LogP contribution in [0.4, 0.5) is 5.95 Å². The molecule has 0 spiro atoms. The molecule has 2 aliphatic heterocycles. The number of hydrogen-bond acceptors (Lipinski definition) is 7. The molecule has 0 bridgehead atoms. The van der Waals surface area contributed by atoms with Gasteiger partial charge in [0.2, 0.25) is 11.9 Å². The lowest BCUT2D eigenvalue weighted by molar-refractivity contribution is -0.138. The van der Waals surface area contributed by atoms with Gasteiger partial charge in [0.15, 0.2) is 0 Å². The molecule has 8 heteroatoms. The Morgan fingerprint density at radius 2 is 1.56 bits per heavy atom. The summed E-state index contributed by atoms with van der Waals surface area (Å²) in [5.41, 5.74) is 7.90. The average Bonchev–Trinajstić information content (AvgIpc) is 2.85. The maximum absolute atomic E-state index is 13.2. The minimum Gasteiger partial charge on any atom is -0.399 e. The van der Waals surface area contributed by atoms with Crippen molar-refractivity contribution >= 4 is 17.6 Å². The smallest absolute Gasteiger partial charge is 0.225 e. The zero-order chi connectivity index (χ0) is 22.3. The van der Waals surface area contributed by atoms with Crippen LogP contribution in [-0.4, -0.2) is 64.7 Å². The van der Waals surface area contributed by atoms with E-state index in [-0.39, 0.29) is 5.92 Å². The van der Waals surface area contributed by atoms with Gasteiger partial charge in [-0.25, -0.2) is 9.97 Å². The predicted octanol–water partition coefficient (Wildman–Crippen LogP) is 3.09. The van der Waals surface area contributed by atoms with E-state index in [2.05, 4.69) is 24.9 Å². The number of likely N-dealkylation sites (tertiary alicyclic amines) is 2. The highest BCUT2D eigenvalue weighted by Gasteiger charge is 2.34. The summed E-state index contributed by atoms with van der Waals surface area (Å²) < 4.78 is 0. The molecule has 1 aliphatic carbocycles. The van der Waals surface area contributed by atoms with Gasteiger partial charge >= 0.3 is 0 Å². The van der Waals surface area contributed by atoms with E-state index >= 15 is 0 Å². The Kier molecular flexibility index (Phi) is 7.95. The molecule has 8 nitrogen and oxygen atoms in total. The highest BCUT2D eigenvalue weighted by molar-refractivity contribution is 5.89. The van der Waals surface area contributed by atoms with Crippen molar-refractivity contribution in [1.29, 1.82) is 0 Å². The molecular weight excluding hydrogens is 404 g/mol. The van der Waals surface area contributed by atoms with Gasteiger partial charge in [-0.05, 0) is 51.6 Å². The quantitative estimate of drug-likeness (QED) is 0.537. The van der Waals surface area contributed by atoms with Gasteiger partial charge in [-0.15, -0.1) is 0 Å². The van der Waals surface area contributed by atoms with E-state index in [0.29, 0.717) is 23.7 Å². The van der Waals surface area contributed by atoms with E-state index in [1.807, 2.05) is 0 Å². The summed E-state index contributed by atoms with van der Waals surface area (Å²) in [6.07, 6.45) is 13.9. The molecule has 2 N–H and O–H groups in total. The number of aromatic nitrogens is 2. The summed E-state index contributed by atoms with van der Waals surface area (Å²) in [5, 5.41) is 4.47. The number of nitrogen functional groups attached to an aromatic ring is 1. The van der Waals surface area contributed by atoms with Crippen molar-refractivity contribution in [3.8, 4) is 0 Å². The highest BCUT2D eigenvalue weighted by atomic mass is 16.6. The van der Waals surface area contributed by atoms with Crippen LogP contribution in [0.2, 0.25) is 0 Å². The van der Waals surface area contributed by atoms with Crippen LogP contribution in [0.3, 0.4) is 0 Å². The van der Waals surface area contributed by atoms with Crippen molar-refractivity contribution in [1.82, 2.24) is 19.8 Å². The van der Waals surface area contributed by atoms with Gasteiger partial charge in [-0.2, -0.15) is 0 Å². The predicted molar refractivity (Wildman–Crippen MR) is 125 cm³/mol. The molecule has 1 saturated carbocycles. The Bertz CT molecular complexity index is 761. The lowest BCUT2D eigenvalue weighted by Gasteiger charge is -2.38. The summed E-state index contributed by atoms with van der Waals surface area (Å²) in [4.78, 5) is 31.0. The lowest BCUT2D eigenvalue weighted by atomic mass is 9.78. The molecular formula is C24H38N6O2. The second-order valence-electron chi connectivity index (χ2n) is 9.63. The zero-order valence-corrected chi connectivity index (χ0v) is 19.4. The normalized spacial score (nSPS) is 22.8. The second-order valence-corrected chi connectivity index (χ2v) is 9.63. The minimum absolute atomic E-state index is 0.149. The summed E-state index contributed by atoms with van der Waals surface area (Å²) in [7, 11) is 1.66. The van der Waals surface area contributed by atoms with E-state index in [9.17, 15) is 4.79 Å². The van der Waals surface area contributed by atoms with Crippen molar-refractivity contribution in [3.05, 3.63) is 18.0 Å². The van der Waals surface area contributed by atoms with E-state index in [4.69, 9.17) is 10.6 Å². The number of carbonyl (C=O) groups is 1. The maximum Gasteiger partial charge on any atom is 0.225 e. The molecule has 176 valence electrons. The van der Waals surface area contributed by atoms with Gasteiger partial charge in [0.1, 0.15) is 7.11 Å². The number of hydrogen-bond donors (Lipinski definition) is 1. The third-order valence-corrected chi connectivity index (χ3v) is 7.51. The Hall–Kier alpha value is -2.22. The summed E-state index contributed by atoms with van der Waals surface area (Å²) in [6.45, 7) is 4.38. The number of anilines is 1. The number of oxime groups is 1. The Morgan fingerprint density at radius 3 is 2.19 bits per heavy atom. The van der Waals surface area contributed by atoms with Gasteiger partial charge in [-0.3, -0.25) is 9.69 Å². The average molecular weight is 443 g/mol. The molecule has 4 rings (SSSR count). The van der Waals surface area contributed by atoms with E-state index in [0.717, 1.165) is 64.0 Å². The first-order valence-corrected chi connectivity index (χ1v) is 12.3. The van der Waals surface area contributed by atoms with Crippen molar-refractivity contribution in [2.24, 2.45) is 22.9 Å². The largest absolute Gasteiger partial charge is 0.399 e. The van der Waals surface area contributed by atoms with Crippen LogP contribution < -0.4 is 5.73 Å². The fourth-order valence-electron chi connectivity index (χ4n) is 5.68. The van der Waals surface area contributed by atoms with Gasteiger partial charge in [0.25, 0.3) is 0 Å². The number of amides is 1. The molecule has 1 aromatic rings.